The zero-order valence-corrected chi connectivity index (χ0v) is 19.2. The number of nitrogens with zero attached hydrogens (tertiary/aromatic N) is 2. The number of rotatable bonds is 4. The molecule has 3 aromatic rings. The Balaban J connectivity index is 1.46. The van der Waals surface area contributed by atoms with Gasteiger partial charge in [-0.2, -0.15) is 5.26 Å². The van der Waals surface area contributed by atoms with Crippen molar-refractivity contribution < 1.29 is 9.59 Å². The van der Waals surface area contributed by atoms with E-state index in [4.69, 9.17) is 5.26 Å². The van der Waals surface area contributed by atoms with Crippen LogP contribution in [0.1, 0.15) is 61.7 Å². The van der Waals surface area contributed by atoms with E-state index in [1.165, 1.54) is 23.9 Å². The highest BCUT2D eigenvalue weighted by Crippen LogP contribution is 2.30. The molecule has 0 saturated carbocycles. The number of carbonyl (C=O) groups is 2. The summed E-state index contributed by atoms with van der Waals surface area (Å²) in [5.74, 6) is -0.0387. The second-order valence-corrected chi connectivity index (χ2v) is 8.68. The van der Waals surface area contributed by atoms with E-state index < -0.39 is 0 Å². The van der Waals surface area contributed by atoms with Crippen LogP contribution >= 0.6 is 0 Å². The summed E-state index contributed by atoms with van der Waals surface area (Å²) >= 11 is 0. The third-order valence-electron chi connectivity index (χ3n) is 6.39. The number of amides is 2. The molecule has 1 fully saturated rings. The summed E-state index contributed by atoms with van der Waals surface area (Å²) in [4.78, 5) is 41.6. The highest BCUT2D eigenvalue weighted by atomic mass is 16.2. The van der Waals surface area contributed by atoms with Crippen LogP contribution in [0, 0.1) is 25.2 Å². The molecule has 2 N–H and O–H groups in total. The van der Waals surface area contributed by atoms with Crippen LogP contribution in [-0.4, -0.2) is 34.8 Å². The number of H-pyrrole nitrogens is 1. The number of pyridine rings is 1. The Morgan fingerprint density at radius 3 is 2.35 bits per heavy atom. The van der Waals surface area contributed by atoms with Gasteiger partial charge in [-0.3, -0.25) is 14.4 Å². The SMILES string of the molecule is Cc1cc(C)c(C(=O)N2CCC(c3ccc(C#N)cc3)CC2)cc1NC(=O)c1ccc(=O)[nH]c1. The molecule has 172 valence electrons. The molecular formula is C27H26N4O3. The van der Waals surface area contributed by atoms with Crippen molar-refractivity contribution in [3.63, 3.8) is 0 Å². The van der Waals surface area contributed by atoms with Crippen molar-refractivity contribution in [2.24, 2.45) is 0 Å². The molecule has 1 saturated heterocycles. The first-order chi connectivity index (χ1) is 16.4. The Hall–Kier alpha value is -4.18. The van der Waals surface area contributed by atoms with E-state index in [9.17, 15) is 14.4 Å². The fourth-order valence-corrected chi connectivity index (χ4v) is 4.38. The summed E-state index contributed by atoms with van der Waals surface area (Å²) < 4.78 is 0. The molecule has 2 aromatic carbocycles. The van der Waals surface area contributed by atoms with Crippen LogP contribution in [-0.2, 0) is 0 Å². The topological polar surface area (TPSA) is 106 Å². The van der Waals surface area contributed by atoms with Crippen molar-refractivity contribution in [2.75, 3.05) is 18.4 Å². The molecule has 1 aliphatic rings. The average molecular weight is 455 g/mol. The van der Waals surface area contributed by atoms with Crippen LogP contribution < -0.4 is 10.9 Å². The van der Waals surface area contributed by atoms with Gasteiger partial charge in [0, 0.05) is 36.6 Å². The number of aryl methyl sites for hydroxylation is 2. The van der Waals surface area contributed by atoms with Crippen LogP contribution in [0.4, 0.5) is 5.69 Å². The summed E-state index contributed by atoms with van der Waals surface area (Å²) in [6.07, 6.45) is 3.09. The van der Waals surface area contributed by atoms with E-state index in [1.807, 2.05) is 49.1 Å². The van der Waals surface area contributed by atoms with Crippen molar-refractivity contribution in [1.82, 2.24) is 9.88 Å². The van der Waals surface area contributed by atoms with Crippen molar-refractivity contribution in [1.29, 1.82) is 5.26 Å². The first-order valence-electron chi connectivity index (χ1n) is 11.3. The third-order valence-corrected chi connectivity index (χ3v) is 6.39. The fourth-order valence-electron chi connectivity index (χ4n) is 4.38. The molecule has 0 unspecified atom stereocenters. The Morgan fingerprint density at radius 2 is 1.74 bits per heavy atom. The lowest BCUT2D eigenvalue weighted by Crippen LogP contribution is -2.38. The predicted molar refractivity (Wildman–Crippen MR) is 130 cm³/mol. The molecule has 7 heteroatoms. The first kappa shape index (κ1) is 23.0. The zero-order valence-electron chi connectivity index (χ0n) is 19.2. The number of likely N-dealkylation sites (tertiary alicyclic amines) is 1. The third kappa shape index (κ3) is 4.91. The van der Waals surface area contributed by atoms with Gasteiger partial charge in [0.25, 0.3) is 11.8 Å². The van der Waals surface area contributed by atoms with E-state index in [0.717, 1.165) is 24.0 Å². The number of nitriles is 1. The van der Waals surface area contributed by atoms with Crippen LogP contribution in [0.15, 0.2) is 59.5 Å². The van der Waals surface area contributed by atoms with Crippen LogP contribution in [0.25, 0.3) is 0 Å². The standard InChI is InChI=1S/C27H26N4O3/c1-17-13-18(2)24(30-26(33)22-7-8-25(32)29-16-22)14-23(17)27(34)31-11-9-21(10-12-31)20-5-3-19(15-28)4-6-20/h3-8,13-14,16,21H,9-12H2,1-2H3,(H,29,32)(H,30,33). The minimum absolute atomic E-state index is 0.0460. The molecular weight excluding hydrogens is 428 g/mol. The van der Waals surface area contributed by atoms with Gasteiger partial charge in [-0.05, 0) is 73.6 Å². The van der Waals surface area contributed by atoms with Gasteiger partial charge in [0.1, 0.15) is 0 Å². The van der Waals surface area contributed by atoms with E-state index in [2.05, 4.69) is 16.4 Å². The lowest BCUT2D eigenvalue weighted by molar-refractivity contribution is 0.0712. The predicted octanol–water partition coefficient (Wildman–Crippen LogP) is 4.14. The Kier molecular flexibility index (Phi) is 6.60. The average Bonchev–Trinajstić information content (AvgIpc) is 2.86. The summed E-state index contributed by atoms with van der Waals surface area (Å²) in [7, 11) is 0. The summed E-state index contributed by atoms with van der Waals surface area (Å²) in [5.41, 5.74) is 4.75. The van der Waals surface area contributed by atoms with Gasteiger partial charge in [0.15, 0.2) is 0 Å². The number of benzene rings is 2. The smallest absolute Gasteiger partial charge is 0.257 e. The number of carbonyl (C=O) groups excluding carboxylic acids is 2. The number of hydrogen-bond acceptors (Lipinski definition) is 4. The van der Waals surface area contributed by atoms with Crippen molar-refractivity contribution in [3.05, 3.63) is 98.5 Å². The quantitative estimate of drug-likeness (QED) is 0.618. The molecule has 7 nitrogen and oxygen atoms in total. The Labute approximate surface area is 198 Å². The van der Waals surface area contributed by atoms with Gasteiger partial charge >= 0.3 is 0 Å². The minimum Gasteiger partial charge on any atom is -0.339 e. The van der Waals surface area contributed by atoms with Gasteiger partial charge in [-0.1, -0.05) is 18.2 Å². The fraction of sp³-hybridized carbons (Fsp3) is 0.259. The van der Waals surface area contributed by atoms with E-state index in [0.29, 0.717) is 41.4 Å². The van der Waals surface area contributed by atoms with Crippen molar-refractivity contribution >= 4 is 17.5 Å². The van der Waals surface area contributed by atoms with Gasteiger partial charge in [0.2, 0.25) is 5.56 Å². The molecule has 1 aromatic heterocycles. The molecule has 2 heterocycles. The van der Waals surface area contributed by atoms with Crippen molar-refractivity contribution in [3.8, 4) is 6.07 Å². The van der Waals surface area contributed by atoms with E-state index in [-0.39, 0.29) is 17.4 Å². The lowest BCUT2D eigenvalue weighted by Gasteiger charge is -2.33. The molecule has 4 rings (SSSR count). The summed E-state index contributed by atoms with van der Waals surface area (Å²) in [5, 5.41) is 11.8. The molecule has 0 spiro atoms. The van der Waals surface area contributed by atoms with Crippen molar-refractivity contribution in [2.45, 2.75) is 32.6 Å². The molecule has 2 amide bonds. The summed E-state index contributed by atoms with van der Waals surface area (Å²) in [6, 6.07) is 16.2. The molecule has 0 bridgehead atoms. The maximum Gasteiger partial charge on any atom is 0.257 e. The Morgan fingerprint density at radius 1 is 1.03 bits per heavy atom. The zero-order chi connectivity index (χ0) is 24.2. The number of nitrogens with one attached hydrogen (secondary N) is 2. The molecule has 0 aliphatic carbocycles. The lowest BCUT2D eigenvalue weighted by atomic mass is 9.88. The second-order valence-electron chi connectivity index (χ2n) is 8.68. The largest absolute Gasteiger partial charge is 0.339 e. The minimum atomic E-state index is -0.357. The van der Waals surface area contributed by atoms with Crippen LogP contribution in [0.3, 0.4) is 0 Å². The number of piperidine rings is 1. The maximum atomic E-state index is 13.3. The number of anilines is 1. The summed E-state index contributed by atoms with van der Waals surface area (Å²) in [6.45, 7) is 5.08. The van der Waals surface area contributed by atoms with E-state index >= 15 is 0 Å². The van der Waals surface area contributed by atoms with Gasteiger partial charge < -0.3 is 15.2 Å². The first-order valence-corrected chi connectivity index (χ1v) is 11.3. The van der Waals surface area contributed by atoms with Gasteiger partial charge in [0.05, 0.1) is 17.2 Å². The molecule has 0 radical (unpaired) electrons. The van der Waals surface area contributed by atoms with Crippen LogP contribution in [0.2, 0.25) is 0 Å². The van der Waals surface area contributed by atoms with Crippen LogP contribution in [0.5, 0.6) is 0 Å². The highest BCUT2D eigenvalue weighted by Gasteiger charge is 2.26. The number of hydrogen-bond donors (Lipinski definition) is 2. The molecule has 0 atom stereocenters. The number of aromatic nitrogens is 1. The highest BCUT2D eigenvalue weighted by molar-refractivity contribution is 6.05. The van der Waals surface area contributed by atoms with Gasteiger partial charge in [-0.25, -0.2) is 0 Å². The number of aromatic amines is 1. The van der Waals surface area contributed by atoms with Gasteiger partial charge in [-0.15, -0.1) is 0 Å². The maximum absolute atomic E-state index is 13.3. The molecule has 1 aliphatic heterocycles. The normalized spacial score (nSPS) is 13.9. The second kappa shape index (κ2) is 9.75. The monoisotopic (exact) mass is 454 g/mol. The Bertz CT molecular complexity index is 1310. The molecule has 34 heavy (non-hydrogen) atoms. The van der Waals surface area contributed by atoms with E-state index in [1.54, 1.807) is 6.07 Å².